The van der Waals surface area contributed by atoms with Crippen LogP contribution in [0.3, 0.4) is 0 Å². The molecule has 128 valence electrons. The van der Waals surface area contributed by atoms with Crippen molar-refractivity contribution in [1.82, 2.24) is 9.88 Å². The number of aromatic nitrogens is 1. The van der Waals surface area contributed by atoms with Crippen molar-refractivity contribution in [2.24, 2.45) is 0 Å². The van der Waals surface area contributed by atoms with E-state index in [0.29, 0.717) is 12.2 Å². The minimum Gasteiger partial charge on any atom is -0.444 e. The largest absolute Gasteiger partial charge is 0.444 e. The minimum absolute atomic E-state index is 0.137. The molecule has 1 aromatic rings. The monoisotopic (exact) mass is 361 g/mol. The molecular formula is C14H20ClN3O4S. The van der Waals surface area contributed by atoms with Gasteiger partial charge in [-0.3, -0.25) is 8.86 Å². The van der Waals surface area contributed by atoms with Crippen LogP contribution in [0.25, 0.3) is 0 Å². The molecule has 1 amide bonds. The van der Waals surface area contributed by atoms with Crippen molar-refractivity contribution in [3.05, 3.63) is 23.5 Å². The predicted molar refractivity (Wildman–Crippen MR) is 88.7 cm³/mol. The number of halogens is 1. The fourth-order valence-corrected chi connectivity index (χ4v) is 3.08. The third-order valence-electron chi connectivity index (χ3n) is 3.35. The van der Waals surface area contributed by atoms with Crippen molar-refractivity contribution < 1.29 is 18.3 Å². The Labute approximate surface area is 143 Å². The lowest BCUT2D eigenvalue weighted by Crippen LogP contribution is -2.57. The standard InChI is InChI=1S/C14H20ClN3O4S/c1-14(2,3)22-13(19)17-8-6-10(17)9-18(23(20)21)11-5-4-7-16-12(11)15/h4-5,7,10H,6,8-9H2,1-3H3,(H,20,21). The average molecular weight is 362 g/mol. The van der Waals surface area contributed by atoms with Gasteiger partial charge in [0.15, 0.2) is 5.15 Å². The number of rotatable bonds is 4. The van der Waals surface area contributed by atoms with Crippen LogP contribution in [-0.2, 0) is 16.0 Å². The molecule has 1 aliphatic rings. The van der Waals surface area contributed by atoms with Gasteiger partial charge < -0.3 is 9.64 Å². The van der Waals surface area contributed by atoms with Crippen LogP contribution in [0.15, 0.2) is 18.3 Å². The quantitative estimate of drug-likeness (QED) is 0.658. The Kier molecular flexibility index (Phi) is 5.49. The molecule has 1 N–H and O–H groups in total. The topological polar surface area (TPSA) is 83.0 Å². The summed E-state index contributed by atoms with van der Waals surface area (Å²) < 4.78 is 27.7. The molecule has 0 radical (unpaired) electrons. The van der Waals surface area contributed by atoms with E-state index in [1.165, 1.54) is 10.5 Å². The fraction of sp³-hybridized carbons (Fsp3) is 0.571. The summed E-state index contributed by atoms with van der Waals surface area (Å²) in [5, 5.41) is 0.137. The number of carbonyl (C=O) groups excluding carboxylic acids is 1. The molecule has 2 heterocycles. The first kappa shape index (κ1) is 18.0. The highest BCUT2D eigenvalue weighted by atomic mass is 35.5. The molecule has 1 saturated heterocycles. The molecule has 9 heteroatoms. The highest BCUT2D eigenvalue weighted by Crippen LogP contribution is 2.28. The molecule has 23 heavy (non-hydrogen) atoms. The lowest BCUT2D eigenvalue weighted by Gasteiger charge is -2.43. The number of likely N-dealkylation sites (tertiary alicyclic amines) is 1. The number of hydrogen-bond acceptors (Lipinski definition) is 4. The van der Waals surface area contributed by atoms with E-state index >= 15 is 0 Å². The van der Waals surface area contributed by atoms with Gasteiger partial charge >= 0.3 is 6.09 Å². The summed E-state index contributed by atoms with van der Waals surface area (Å²) in [6.45, 7) is 6.12. The van der Waals surface area contributed by atoms with E-state index in [1.54, 1.807) is 37.8 Å². The number of anilines is 1. The van der Waals surface area contributed by atoms with E-state index < -0.39 is 23.0 Å². The van der Waals surface area contributed by atoms with Crippen molar-refractivity contribution in [2.75, 3.05) is 17.4 Å². The van der Waals surface area contributed by atoms with Gasteiger partial charge in [-0.25, -0.2) is 14.0 Å². The van der Waals surface area contributed by atoms with Crippen LogP contribution in [-0.4, -0.2) is 49.5 Å². The second-order valence-corrected chi connectivity index (χ2v) is 7.48. The summed E-state index contributed by atoms with van der Waals surface area (Å²) in [5.74, 6) is 0. The number of ether oxygens (including phenoxy) is 1. The third kappa shape index (κ3) is 4.55. The molecule has 2 atom stereocenters. The zero-order chi connectivity index (χ0) is 17.2. The Hall–Kier alpha value is -1.38. The van der Waals surface area contributed by atoms with Crippen molar-refractivity contribution in [3.63, 3.8) is 0 Å². The first-order valence-electron chi connectivity index (χ1n) is 7.17. The van der Waals surface area contributed by atoms with Gasteiger partial charge in [0.1, 0.15) is 5.60 Å². The van der Waals surface area contributed by atoms with Crippen LogP contribution in [0.1, 0.15) is 27.2 Å². The summed E-state index contributed by atoms with van der Waals surface area (Å²) in [6.07, 6.45) is 1.81. The lowest BCUT2D eigenvalue weighted by atomic mass is 10.0. The van der Waals surface area contributed by atoms with Gasteiger partial charge in [0, 0.05) is 12.7 Å². The second-order valence-electron chi connectivity index (χ2n) is 6.22. The summed E-state index contributed by atoms with van der Waals surface area (Å²) in [7, 11) is 0. The van der Waals surface area contributed by atoms with Crippen LogP contribution in [0, 0.1) is 0 Å². The van der Waals surface area contributed by atoms with Crippen LogP contribution in [0.5, 0.6) is 0 Å². The Morgan fingerprint density at radius 2 is 2.30 bits per heavy atom. The van der Waals surface area contributed by atoms with Gasteiger partial charge in [-0.15, -0.1) is 0 Å². The van der Waals surface area contributed by atoms with Gasteiger partial charge in [0.2, 0.25) is 0 Å². The Morgan fingerprint density at radius 1 is 1.61 bits per heavy atom. The molecule has 1 aromatic heterocycles. The van der Waals surface area contributed by atoms with E-state index in [9.17, 15) is 13.6 Å². The van der Waals surface area contributed by atoms with Crippen molar-refractivity contribution in [3.8, 4) is 0 Å². The van der Waals surface area contributed by atoms with Gasteiger partial charge in [0.25, 0.3) is 11.3 Å². The average Bonchev–Trinajstić information content (AvgIpc) is 2.37. The number of hydrogen-bond donors (Lipinski definition) is 1. The summed E-state index contributed by atoms with van der Waals surface area (Å²) in [6, 6.07) is 3.03. The lowest BCUT2D eigenvalue weighted by molar-refractivity contribution is -0.00328. The number of pyridine rings is 1. The zero-order valence-electron chi connectivity index (χ0n) is 13.2. The minimum atomic E-state index is -2.27. The molecule has 1 aliphatic heterocycles. The maximum atomic E-state index is 12.1. The smallest absolute Gasteiger partial charge is 0.410 e. The maximum Gasteiger partial charge on any atom is 0.410 e. The van der Waals surface area contributed by atoms with Crippen molar-refractivity contribution in [1.29, 1.82) is 0 Å². The normalized spacial score (nSPS) is 19.0. The predicted octanol–water partition coefficient (Wildman–Crippen LogP) is 2.69. The zero-order valence-corrected chi connectivity index (χ0v) is 14.8. The molecule has 7 nitrogen and oxygen atoms in total. The second kappa shape index (κ2) is 7.02. The molecule has 0 saturated carbocycles. The number of nitrogens with zero attached hydrogens (tertiary/aromatic N) is 3. The SMILES string of the molecule is CC(C)(C)OC(=O)N1CCC1CN(c1cccnc1Cl)S(=O)O. The van der Waals surface area contributed by atoms with Crippen molar-refractivity contribution in [2.45, 2.75) is 38.8 Å². The van der Waals surface area contributed by atoms with E-state index in [0.717, 1.165) is 6.42 Å². The Balaban J connectivity index is 2.08. The van der Waals surface area contributed by atoms with Crippen LogP contribution >= 0.6 is 11.6 Å². The Morgan fingerprint density at radius 3 is 2.78 bits per heavy atom. The maximum absolute atomic E-state index is 12.1. The molecule has 2 rings (SSSR count). The molecule has 2 unspecified atom stereocenters. The molecule has 0 aliphatic carbocycles. The fourth-order valence-electron chi connectivity index (χ4n) is 2.19. The highest BCUT2D eigenvalue weighted by molar-refractivity contribution is 7.80. The van der Waals surface area contributed by atoms with Crippen molar-refractivity contribution >= 4 is 34.6 Å². The summed E-state index contributed by atoms with van der Waals surface area (Å²) >= 11 is 3.72. The molecule has 1 fully saturated rings. The van der Waals surface area contributed by atoms with E-state index in [4.69, 9.17) is 16.3 Å². The summed E-state index contributed by atoms with van der Waals surface area (Å²) in [5.41, 5.74) is -0.227. The first-order chi connectivity index (χ1) is 10.7. The van der Waals surface area contributed by atoms with E-state index in [-0.39, 0.29) is 17.7 Å². The number of carbonyl (C=O) groups is 1. The van der Waals surface area contributed by atoms with Crippen LogP contribution in [0.2, 0.25) is 5.15 Å². The molecule has 0 spiro atoms. The Bertz CT molecular complexity index is 608. The molecular weight excluding hydrogens is 342 g/mol. The number of amides is 1. The van der Waals surface area contributed by atoms with Gasteiger partial charge in [-0.2, -0.15) is 0 Å². The molecule has 0 aromatic carbocycles. The molecule has 0 bridgehead atoms. The van der Waals surface area contributed by atoms with Gasteiger partial charge in [0.05, 0.1) is 18.3 Å². The third-order valence-corrected chi connectivity index (χ3v) is 4.36. The van der Waals surface area contributed by atoms with Gasteiger partial charge in [-0.05, 0) is 39.3 Å². The van der Waals surface area contributed by atoms with Crippen LogP contribution in [0.4, 0.5) is 10.5 Å². The van der Waals surface area contributed by atoms with Gasteiger partial charge in [-0.1, -0.05) is 11.6 Å². The van der Waals surface area contributed by atoms with Crippen LogP contribution < -0.4 is 4.31 Å². The first-order valence-corrected chi connectivity index (χ1v) is 8.62. The van der Waals surface area contributed by atoms with E-state index in [2.05, 4.69) is 4.98 Å². The van der Waals surface area contributed by atoms with E-state index in [1.807, 2.05) is 0 Å². The summed E-state index contributed by atoms with van der Waals surface area (Å²) in [4.78, 5) is 17.6. The highest BCUT2D eigenvalue weighted by Gasteiger charge is 2.37.